The van der Waals surface area contributed by atoms with Crippen molar-refractivity contribution in [2.75, 3.05) is 44.2 Å². The summed E-state index contributed by atoms with van der Waals surface area (Å²) < 4.78 is 5.97. The molecule has 0 saturated carbocycles. The number of anilines is 1. The summed E-state index contributed by atoms with van der Waals surface area (Å²) in [5.74, 6) is 0.873. The minimum absolute atomic E-state index is 0.0231. The van der Waals surface area contributed by atoms with E-state index in [-0.39, 0.29) is 5.41 Å². The van der Waals surface area contributed by atoms with E-state index in [4.69, 9.17) is 4.74 Å². The molecule has 1 saturated heterocycles. The van der Waals surface area contributed by atoms with Crippen LogP contribution in [-0.2, 0) is 5.41 Å². The molecule has 0 bridgehead atoms. The van der Waals surface area contributed by atoms with Crippen molar-refractivity contribution in [1.29, 1.82) is 0 Å². The van der Waals surface area contributed by atoms with Gasteiger partial charge < -0.3 is 14.7 Å². The second-order valence-electron chi connectivity index (χ2n) is 8.33. The first-order valence-corrected chi connectivity index (χ1v) is 9.86. The number of piperazine rings is 1. The summed E-state index contributed by atoms with van der Waals surface area (Å²) in [5.41, 5.74) is 2.48. The van der Waals surface area contributed by atoms with Gasteiger partial charge in [-0.25, -0.2) is 0 Å². The van der Waals surface area contributed by atoms with E-state index in [9.17, 15) is 5.11 Å². The molecule has 0 aliphatic carbocycles. The Kier molecular flexibility index (Phi) is 6.40. The van der Waals surface area contributed by atoms with E-state index in [1.54, 1.807) is 0 Å². The van der Waals surface area contributed by atoms with Crippen LogP contribution in [0, 0.1) is 0 Å². The lowest BCUT2D eigenvalue weighted by atomic mass is 9.86. The zero-order chi connectivity index (χ0) is 19.3. The highest BCUT2D eigenvalue weighted by atomic mass is 16.5. The maximum absolute atomic E-state index is 10.5. The Morgan fingerprint density at radius 1 is 0.926 bits per heavy atom. The molecule has 0 radical (unpaired) electrons. The fourth-order valence-corrected chi connectivity index (χ4v) is 3.58. The Morgan fingerprint density at radius 2 is 1.56 bits per heavy atom. The van der Waals surface area contributed by atoms with Crippen LogP contribution < -0.4 is 9.64 Å². The molecule has 2 aromatic rings. The molecule has 1 aliphatic heterocycles. The van der Waals surface area contributed by atoms with Crippen molar-refractivity contribution in [1.82, 2.24) is 4.90 Å². The second-order valence-corrected chi connectivity index (χ2v) is 8.33. The smallest absolute Gasteiger partial charge is 0.123 e. The number of nitrogens with zero attached hydrogens (tertiary/aromatic N) is 2. The molecule has 0 spiro atoms. The van der Waals surface area contributed by atoms with Gasteiger partial charge in [0, 0.05) is 38.4 Å². The third-order valence-corrected chi connectivity index (χ3v) is 5.09. The van der Waals surface area contributed by atoms with Crippen LogP contribution in [0.4, 0.5) is 5.69 Å². The molecule has 1 atom stereocenters. The molecule has 3 rings (SSSR count). The lowest BCUT2D eigenvalue weighted by Crippen LogP contribution is -2.49. The van der Waals surface area contributed by atoms with Gasteiger partial charge in [0.2, 0.25) is 0 Å². The van der Waals surface area contributed by atoms with Crippen LogP contribution in [0.3, 0.4) is 0 Å². The van der Waals surface area contributed by atoms with Crippen LogP contribution in [0.5, 0.6) is 5.75 Å². The van der Waals surface area contributed by atoms with Crippen LogP contribution in [0.1, 0.15) is 26.3 Å². The van der Waals surface area contributed by atoms with Crippen molar-refractivity contribution in [3.8, 4) is 5.75 Å². The molecule has 1 unspecified atom stereocenters. The fourth-order valence-electron chi connectivity index (χ4n) is 3.58. The number of ether oxygens (including phenoxy) is 1. The molecule has 0 aromatic heterocycles. The average Bonchev–Trinajstić information content (AvgIpc) is 2.67. The van der Waals surface area contributed by atoms with Gasteiger partial charge in [-0.05, 0) is 29.2 Å². The average molecular weight is 369 g/mol. The van der Waals surface area contributed by atoms with Crippen LogP contribution in [0.2, 0.25) is 0 Å². The van der Waals surface area contributed by atoms with E-state index >= 15 is 0 Å². The third-order valence-electron chi connectivity index (χ3n) is 5.09. The molecular formula is C23H32N2O2. The molecular weight excluding hydrogens is 336 g/mol. The summed E-state index contributed by atoms with van der Waals surface area (Å²) in [6.07, 6.45) is -0.485. The van der Waals surface area contributed by atoms with Gasteiger partial charge in [0.1, 0.15) is 18.5 Å². The molecule has 1 heterocycles. The van der Waals surface area contributed by atoms with Crippen molar-refractivity contribution in [3.05, 3.63) is 60.2 Å². The van der Waals surface area contributed by atoms with Gasteiger partial charge in [-0.1, -0.05) is 57.2 Å². The Morgan fingerprint density at radius 3 is 2.22 bits per heavy atom. The summed E-state index contributed by atoms with van der Waals surface area (Å²) in [6.45, 7) is 11.4. The fraction of sp³-hybridized carbons (Fsp3) is 0.478. The van der Waals surface area contributed by atoms with Gasteiger partial charge in [-0.2, -0.15) is 0 Å². The quantitative estimate of drug-likeness (QED) is 0.846. The molecule has 146 valence electrons. The van der Waals surface area contributed by atoms with E-state index in [2.05, 4.69) is 60.9 Å². The number of benzene rings is 2. The van der Waals surface area contributed by atoms with Crippen LogP contribution in [0.25, 0.3) is 0 Å². The van der Waals surface area contributed by atoms with Crippen LogP contribution >= 0.6 is 0 Å². The molecule has 1 aliphatic rings. The molecule has 0 amide bonds. The van der Waals surface area contributed by atoms with Gasteiger partial charge >= 0.3 is 0 Å². The topological polar surface area (TPSA) is 35.9 Å². The van der Waals surface area contributed by atoms with Crippen molar-refractivity contribution in [2.45, 2.75) is 32.3 Å². The van der Waals surface area contributed by atoms with Gasteiger partial charge in [0.25, 0.3) is 0 Å². The number of hydrogen-bond acceptors (Lipinski definition) is 4. The molecule has 4 nitrogen and oxygen atoms in total. The second kappa shape index (κ2) is 8.77. The molecule has 2 aromatic carbocycles. The minimum Gasteiger partial charge on any atom is -0.491 e. The number of rotatable bonds is 6. The van der Waals surface area contributed by atoms with Gasteiger partial charge in [-0.15, -0.1) is 0 Å². The maximum Gasteiger partial charge on any atom is 0.123 e. The standard InChI is InChI=1S/C23H32N2O2/c1-23(2,3)21-11-7-8-12-22(21)27-18-20(26)17-24-13-15-25(16-14-24)19-9-5-4-6-10-19/h4-12,20,26H,13-18H2,1-3H3. The Balaban J connectivity index is 1.46. The monoisotopic (exact) mass is 368 g/mol. The predicted molar refractivity (Wildman–Crippen MR) is 112 cm³/mol. The van der Waals surface area contributed by atoms with Crippen molar-refractivity contribution >= 4 is 5.69 Å². The summed E-state index contributed by atoms with van der Waals surface area (Å²) in [7, 11) is 0. The van der Waals surface area contributed by atoms with Crippen molar-refractivity contribution in [2.24, 2.45) is 0 Å². The summed E-state index contributed by atoms with van der Waals surface area (Å²) >= 11 is 0. The Hall–Kier alpha value is -2.04. The third kappa shape index (κ3) is 5.47. The Bertz CT molecular complexity index is 704. The zero-order valence-corrected chi connectivity index (χ0v) is 16.8. The summed E-state index contributed by atoms with van der Waals surface area (Å²) in [4.78, 5) is 4.72. The van der Waals surface area contributed by atoms with E-state index in [1.807, 2.05) is 24.3 Å². The Labute approximate surface area is 163 Å². The highest BCUT2D eigenvalue weighted by Crippen LogP contribution is 2.31. The van der Waals surface area contributed by atoms with Gasteiger partial charge in [0.05, 0.1) is 0 Å². The minimum atomic E-state index is -0.485. The highest BCUT2D eigenvalue weighted by molar-refractivity contribution is 5.46. The highest BCUT2D eigenvalue weighted by Gasteiger charge is 2.21. The molecule has 1 N–H and O–H groups in total. The SMILES string of the molecule is CC(C)(C)c1ccccc1OCC(O)CN1CCN(c2ccccc2)CC1. The first kappa shape index (κ1) is 19.7. The van der Waals surface area contributed by atoms with E-state index in [1.165, 1.54) is 11.3 Å². The van der Waals surface area contributed by atoms with E-state index in [0.717, 1.165) is 31.9 Å². The normalized spacial score (nSPS) is 17.0. The number of para-hydroxylation sites is 2. The molecule has 4 heteroatoms. The first-order chi connectivity index (χ1) is 12.9. The van der Waals surface area contributed by atoms with E-state index in [0.29, 0.717) is 13.2 Å². The molecule has 27 heavy (non-hydrogen) atoms. The number of hydrogen-bond donors (Lipinski definition) is 1. The number of aliphatic hydroxyl groups is 1. The lowest BCUT2D eigenvalue weighted by Gasteiger charge is -2.36. The summed E-state index contributed by atoms with van der Waals surface area (Å²) in [5, 5.41) is 10.5. The molecule has 1 fully saturated rings. The van der Waals surface area contributed by atoms with Gasteiger partial charge in [-0.3, -0.25) is 4.90 Å². The van der Waals surface area contributed by atoms with Gasteiger partial charge in [0.15, 0.2) is 0 Å². The number of aliphatic hydroxyl groups excluding tert-OH is 1. The summed E-state index contributed by atoms with van der Waals surface area (Å²) in [6, 6.07) is 18.6. The van der Waals surface area contributed by atoms with Crippen molar-refractivity contribution in [3.63, 3.8) is 0 Å². The lowest BCUT2D eigenvalue weighted by molar-refractivity contribution is 0.0656. The first-order valence-electron chi connectivity index (χ1n) is 9.86. The van der Waals surface area contributed by atoms with E-state index < -0.39 is 6.10 Å². The van der Waals surface area contributed by atoms with Crippen molar-refractivity contribution < 1.29 is 9.84 Å². The largest absolute Gasteiger partial charge is 0.491 e. The van der Waals surface area contributed by atoms with Crippen LogP contribution in [0.15, 0.2) is 54.6 Å². The number of β-amino-alcohol motifs (C(OH)–C–C–N with tert-alkyl or cyclic N) is 1. The zero-order valence-electron chi connectivity index (χ0n) is 16.8. The van der Waals surface area contributed by atoms with Crippen LogP contribution in [-0.4, -0.2) is 55.4 Å². The maximum atomic E-state index is 10.5. The predicted octanol–water partition coefficient (Wildman–Crippen LogP) is 3.55.